The number of amides is 2. The normalized spacial score (nSPS) is 17.7. The minimum Gasteiger partial charge on any atom is -0.472 e. The number of pyridine rings is 1. The molecule has 5 nitrogen and oxygen atoms in total. The molecule has 0 bridgehead atoms. The molecule has 116 valence electrons. The lowest BCUT2D eigenvalue weighted by Gasteiger charge is -2.17. The maximum absolute atomic E-state index is 11.9. The summed E-state index contributed by atoms with van der Waals surface area (Å²) in [6.45, 7) is 4.10. The van der Waals surface area contributed by atoms with E-state index in [0.29, 0.717) is 19.0 Å². The second kappa shape index (κ2) is 6.64. The van der Waals surface area contributed by atoms with Crippen LogP contribution in [0.1, 0.15) is 19.8 Å². The molecule has 1 N–H and O–H groups in total. The third kappa shape index (κ3) is 3.30. The van der Waals surface area contributed by atoms with Gasteiger partial charge in [0.1, 0.15) is 6.10 Å². The molecule has 0 saturated carbocycles. The highest BCUT2D eigenvalue weighted by atomic mass is 16.5. The molecule has 2 aromatic rings. The van der Waals surface area contributed by atoms with Crippen molar-refractivity contribution >= 4 is 16.9 Å². The van der Waals surface area contributed by atoms with Gasteiger partial charge in [-0.3, -0.25) is 0 Å². The van der Waals surface area contributed by atoms with E-state index in [1.165, 1.54) is 0 Å². The summed E-state index contributed by atoms with van der Waals surface area (Å²) >= 11 is 0. The maximum Gasteiger partial charge on any atom is 0.317 e. The summed E-state index contributed by atoms with van der Waals surface area (Å²) in [7, 11) is 0. The number of fused-ring (bicyclic) bond motifs is 1. The fraction of sp³-hybridized carbons (Fsp3) is 0.412. The Labute approximate surface area is 130 Å². The van der Waals surface area contributed by atoms with E-state index in [9.17, 15) is 4.79 Å². The molecule has 1 unspecified atom stereocenters. The highest BCUT2D eigenvalue weighted by Gasteiger charge is 2.27. The van der Waals surface area contributed by atoms with Crippen molar-refractivity contribution in [3.63, 3.8) is 0 Å². The van der Waals surface area contributed by atoms with E-state index in [1.807, 2.05) is 43.3 Å². The van der Waals surface area contributed by atoms with E-state index < -0.39 is 0 Å². The van der Waals surface area contributed by atoms with Gasteiger partial charge in [-0.05, 0) is 18.6 Å². The third-order valence-corrected chi connectivity index (χ3v) is 3.82. The van der Waals surface area contributed by atoms with Gasteiger partial charge in [-0.2, -0.15) is 0 Å². The molecule has 5 heteroatoms. The number of carbonyl (C=O) groups is 1. The zero-order valence-electron chi connectivity index (χ0n) is 12.8. The Morgan fingerprint density at radius 3 is 3.09 bits per heavy atom. The molecule has 1 atom stereocenters. The van der Waals surface area contributed by atoms with Gasteiger partial charge in [0.15, 0.2) is 0 Å². The summed E-state index contributed by atoms with van der Waals surface area (Å²) in [6.07, 6.45) is 1.80. The Morgan fingerprint density at radius 1 is 1.36 bits per heavy atom. The molecule has 2 heterocycles. The molecule has 0 spiro atoms. The summed E-state index contributed by atoms with van der Waals surface area (Å²) in [5.41, 5.74) is 0.926. The number of likely N-dealkylation sites (tertiary alicyclic amines) is 1. The first-order valence-electron chi connectivity index (χ1n) is 7.81. The summed E-state index contributed by atoms with van der Waals surface area (Å²) in [6, 6.07) is 11.9. The molecular formula is C17H21N3O2. The smallest absolute Gasteiger partial charge is 0.317 e. The number of aromatic nitrogens is 1. The third-order valence-electron chi connectivity index (χ3n) is 3.82. The highest BCUT2D eigenvalue weighted by molar-refractivity contribution is 5.78. The van der Waals surface area contributed by atoms with Gasteiger partial charge in [0.2, 0.25) is 5.88 Å². The van der Waals surface area contributed by atoms with Crippen molar-refractivity contribution in [1.29, 1.82) is 0 Å². The second-order valence-electron chi connectivity index (χ2n) is 5.55. The molecule has 1 fully saturated rings. The van der Waals surface area contributed by atoms with Crippen LogP contribution in [0.3, 0.4) is 0 Å². The quantitative estimate of drug-likeness (QED) is 0.944. The van der Waals surface area contributed by atoms with Gasteiger partial charge in [0, 0.05) is 31.0 Å². The Bertz CT molecular complexity index is 659. The zero-order valence-corrected chi connectivity index (χ0v) is 12.8. The first-order valence-corrected chi connectivity index (χ1v) is 7.81. The minimum absolute atomic E-state index is 0.000536. The Kier molecular flexibility index (Phi) is 4.42. The topological polar surface area (TPSA) is 54.5 Å². The molecule has 1 saturated heterocycles. The standard InChI is InChI=1S/C17H21N3O2/c1-2-10-18-17(21)20-11-9-14(12-20)22-16-8-7-13-5-3-4-6-15(13)19-16/h3-8,14H,2,9-12H2,1H3,(H,18,21). The predicted octanol–water partition coefficient (Wildman–Crippen LogP) is 2.81. The largest absolute Gasteiger partial charge is 0.472 e. The molecule has 0 radical (unpaired) electrons. The van der Waals surface area contributed by atoms with Crippen molar-refractivity contribution in [3.8, 4) is 5.88 Å². The summed E-state index contributed by atoms with van der Waals surface area (Å²) in [5, 5.41) is 4.00. The zero-order chi connectivity index (χ0) is 15.4. The van der Waals surface area contributed by atoms with Crippen molar-refractivity contribution in [1.82, 2.24) is 15.2 Å². The van der Waals surface area contributed by atoms with Gasteiger partial charge < -0.3 is 15.0 Å². The van der Waals surface area contributed by atoms with Crippen LogP contribution in [0.5, 0.6) is 5.88 Å². The molecule has 2 amide bonds. The van der Waals surface area contributed by atoms with Crippen LogP contribution in [-0.2, 0) is 0 Å². The molecule has 1 aromatic carbocycles. The summed E-state index contributed by atoms with van der Waals surface area (Å²) < 4.78 is 5.94. The van der Waals surface area contributed by atoms with Crippen LogP contribution in [0.2, 0.25) is 0 Å². The lowest BCUT2D eigenvalue weighted by atomic mass is 10.2. The average Bonchev–Trinajstić information content (AvgIpc) is 3.01. The number of rotatable bonds is 4. The van der Waals surface area contributed by atoms with Crippen LogP contribution < -0.4 is 10.1 Å². The van der Waals surface area contributed by atoms with Crippen LogP contribution in [-0.4, -0.2) is 41.7 Å². The van der Waals surface area contributed by atoms with Crippen molar-refractivity contribution < 1.29 is 9.53 Å². The lowest BCUT2D eigenvalue weighted by Crippen LogP contribution is -2.39. The van der Waals surface area contributed by atoms with Crippen LogP contribution in [0, 0.1) is 0 Å². The monoisotopic (exact) mass is 299 g/mol. The number of benzene rings is 1. The van der Waals surface area contributed by atoms with Gasteiger partial charge in [-0.1, -0.05) is 25.1 Å². The molecular weight excluding hydrogens is 278 g/mol. The highest BCUT2D eigenvalue weighted by Crippen LogP contribution is 2.20. The first kappa shape index (κ1) is 14.6. The molecule has 1 aliphatic heterocycles. The Hall–Kier alpha value is -2.30. The van der Waals surface area contributed by atoms with Crippen molar-refractivity contribution in [3.05, 3.63) is 36.4 Å². The Morgan fingerprint density at radius 2 is 2.23 bits per heavy atom. The average molecular weight is 299 g/mol. The molecule has 3 rings (SSSR count). The van der Waals surface area contributed by atoms with E-state index in [1.54, 1.807) is 4.90 Å². The second-order valence-corrected chi connectivity index (χ2v) is 5.55. The van der Waals surface area contributed by atoms with E-state index in [2.05, 4.69) is 10.3 Å². The number of ether oxygens (including phenoxy) is 1. The summed E-state index contributed by atoms with van der Waals surface area (Å²) in [5.74, 6) is 0.625. The van der Waals surface area contributed by atoms with Crippen molar-refractivity contribution in [2.75, 3.05) is 19.6 Å². The van der Waals surface area contributed by atoms with Gasteiger partial charge >= 0.3 is 6.03 Å². The van der Waals surface area contributed by atoms with E-state index in [-0.39, 0.29) is 12.1 Å². The number of carbonyl (C=O) groups excluding carboxylic acids is 1. The van der Waals surface area contributed by atoms with E-state index in [4.69, 9.17) is 4.74 Å². The number of nitrogens with one attached hydrogen (secondary N) is 1. The number of hydrogen-bond acceptors (Lipinski definition) is 3. The molecule has 22 heavy (non-hydrogen) atoms. The fourth-order valence-corrected chi connectivity index (χ4v) is 2.64. The van der Waals surface area contributed by atoms with Crippen LogP contribution in [0.15, 0.2) is 36.4 Å². The van der Waals surface area contributed by atoms with Gasteiger partial charge in [0.25, 0.3) is 0 Å². The maximum atomic E-state index is 11.9. The first-order chi connectivity index (χ1) is 10.8. The SMILES string of the molecule is CCCNC(=O)N1CCC(Oc2ccc3ccccc3n2)C1. The molecule has 1 aliphatic rings. The molecule has 0 aliphatic carbocycles. The predicted molar refractivity (Wildman–Crippen MR) is 86.0 cm³/mol. The van der Waals surface area contributed by atoms with Crippen LogP contribution >= 0.6 is 0 Å². The van der Waals surface area contributed by atoms with E-state index in [0.717, 1.165) is 30.3 Å². The van der Waals surface area contributed by atoms with Crippen molar-refractivity contribution in [2.45, 2.75) is 25.9 Å². The fourth-order valence-electron chi connectivity index (χ4n) is 2.64. The number of para-hydroxylation sites is 1. The van der Waals surface area contributed by atoms with Gasteiger partial charge in [0.05, 0.1) is 12.1 Å². The van der Waals surface area contributed by atoms with Gasteiger partial charge in [-0.15, -0.1) is 0 Å². The Balaban J connectivity index is 1.60. The lowest BCUT2D eigenvalue weighted by molar-refractivity contribution is 0.183. The van der Waals surface area contributed by atoms with Gasteiger partial charge in [-0.25, -0.2) is 9.78 Å². The van der Waals surface area contributed by atoms with E-state index >= 15 is 0 Å². The number of nitrogens with zero attached hydrogens (tertiary/aromatic N) is 2. The number of urea groups is 1. The minimum atomic E-state index is -0.000536. The molecule has 1 aromatic heterocycles. The van der Waals surface area contributed by atoms with Crippen LogP contribution in [0.25, 0.3) is 10.9 Å². The number of hydrogen-bond donors (Lipinski definition) is 1. The van der Waals surface area contributed by atoms with Crippen LogP contribution in [0.4, 0.5) is 4.79 Å². The summed E-state index contributed by atoms with van der Waals surface area (Å²) in [4.78, 5) is 18.2. The van der Waals surface area contributed by atoms with Crippen molar-refractivity contribution in [2.24, 2.45) is 0 Å².